The molecule has 13 N–H and O–H groups in total. The molecule has 16 nitrogen and oxygen atoms in total. The summed E-state index contributed by atoms with van der Waals surface area (Å²) in [5.41, 5.74) is 24.3. The SMILES string of the molecule is CC(C)C[C@@H](NC(=O)[C@@H](Cc1ccccc1)NC(=O)[C@H](N)Cc1ccccc1)C(=O)N[C@H](CCCCN)C(=O)N1CCC(NC(=O)N[C@H](N)C(N)=O)CC1. The molecule has 1 heterocycles. The Labute approximate surface area is 317 Å². The Hall–Kier alpha value is -5.06. The zero-order valence-electron chi connectivity index (χ0n) is 31.3. The smallest absolute Gasteiger partial charge is 0.316 e. The number of carbonyl (C=O) groups is 6. The number of hydrogen-bond donors (Lipinski definition) is 9. The Morgan fingerprint density at radius 1 is 0.722 bits per heavy atom. The first-order valence-electron chi connectivity index (χ1n) is 18.6. The maximum absolute atomic E-state index is 13.9. The van der Waals surface area contributed by atoms with Gasteiger partial charge in [0, 0.05) is 25.6 Å². The molecule has 5 atom stereocenters. The molecule has 296 valence electrons. The lowest BCUT2D eigenvalue weighted by Gasteiger charge is -2.35. The van der Waals surface area contributed by atoms with E-state index in [4.69, 9.17) is 22.9 Å². The number of nitrogens with one attached hydrogen (secondary N) is 5. The molecule has 1 aliphatic rings. The number of amides is 7. The fourth-order valence-electron chi connectivity index (χ4n) is 6.20. The number of nitrogens with two attached hydrogens (primary N) is 4. The van der Waals surface area contributed by atoms with Crippen LogP contribution in [0.25, 0.3) is 0 Å². The second-order valence-corrected chi connectivity index (χ2v) is 14.2. The Morgan fingerprint density at radius 2 is 1.26 bits per heavy atom. The second kappa shape index (κ2) is 22.2. The van der Waals surface area contributed by atoms with Crippen molar-refractivity contribution in [3.63, 3.8) is 0 Å². The molecule has 1 fully saturated rings. The van der Waals surface area contributed by atoms with Gasteiger partial charge in [0.15, 0.2) is 6.17 Å². The van der Waals surface area contributed by atoms with Gasteiger partial charge in [-0.1, -0.05) is 74.5 Å². The van der Waals surface area contributed by atoms with Crippen molar-refractivity contribution in [3.8, 4) is 0 Å². The Kier molecular flexibility index (Phi) is 17.8. The van der Waals surface area contributed by atoms with Crippen LogP contribution in [0.5, 0.6) is 0 Å². The fraction of sp³-hybridized carbons (Fsp3) is 0.526. The van der Waals surface area contributed by atoms with E-state index in [1.54, 1.807) is 4.90 Å². The minimum atomic E-state index is -1.33. The summed E-state index contributed by atoms with van der Waals surface area (Å²) < 4.78 is 0. The van der Waals surface area contributed by atoms with Crippen molar-refractivity contribution in [1.29, 1.82) is 0 Å². The van der Waals surface area contributed by atoms with Crippen LogP contribution in [0.4, 0.5) is 4.79 Å². The topological polar surface area (TPSA) is 270 Å². The van der Waals surface area contributed by atoms with Crippen LogP contribution in [-0.2, 0) is 36.8 Å². The first-order valence-corrected chi connectivity index (χ1v) is 18.6. The first kappa shape index (κ1) is 43.3. The predicted octanol–water partition coefficient (Wildman–Crippen LogP) is -0.511. The summed E-state index contributed by atoms with van der Waals surface area (Å²) in [5, 5.41) is 13.6. The van der Waals surface area contributed by atoms with Gasteiger partial charge in [-0.3, -0.25) is 24.0 Å². The highest BCUT2D eigenvalue weighted by Crippen LogP contribution is 2.15. The van der Waals surface area contributed by atoms with Crippen molar-refractivity contribution < 1.29 is 28.8 Å². The van der Waals surface area contributed by atoms with Crippen LogP contribution in [0.15, 0.2) is 60.7 Å². The zero-order valence-corrected chi connectivity index (χ0v) is 31.3. The average molecular weight is 751 g/mol. The normalized spacial score (nSPS) is 15.9. The van der Waals surface area contributed by atoms with Gasteiger partial charge in [0.2, 0.25) is 23.6 Å². The van der Waals surface area contributed by atoms with Crippen molar-refractivity contribution in [3.05, 3.63) is 71.8 Å². The maximum atomic E-state index is 13.9. The van der Waals surface area contributed by atoms with Gasteiger partial charge in [0.1, 0.15) is 18.1 Å². The number of likely N-dealkylation sites (tertiary alicyclic amines) is 1. The average Bonchev–Trinajstić information content (AvgIpc) is 3.14. The van der Waals surface area contributed by atoms with Gasteiger partial charge in [0.05, 0.1) is 6.04 Å². The monoisotopic (exact) mass is 750 g/mol. The van der Waals surface area contributed by atoms with Crippen molar-refractivity contribution in [2.24, 2.45) is 28.9 Å². The van der Waals surface area contributed by atoms with E-state index >= 15 is 0 Å². The number of urea groups is 1. The summed E-state index contributed by atoms with van der Waals surface area (Å²) in [6.07, 6.45) is 1.82. The number of rotatable bonds is 20. The van der Waals surface area contributed by atoms with Gasteiger partial charge in [-0.05, 0) is 68.5 Å². The number of primary amides is 1. The number of unbranched alkanes of at least 4 members (excludes halogenated alkanes) is 1. The van der Waals surface area contributed by atoms with Crippen LogP contribution in [0.3, 0.4) is 0 Å². The number of piperidine rings is 1. The van der Waals surface area contributed by atoms with E-state index in [0.717, 1.165) is 11.1 Å². The minimum absolute atomic E-state index is 0.00449. The summed E-state index contributed by atoms with van der Waals surface area (Å²) in [4.78, 5) is 80.0. The van der Waals surface area contributed by atoms with E-state index < -0.39 is 60.0 Å². The third kappa shape index (κ3) is 14.8. The van der Waals surface area contributed by atoms with Crippen molar-refractivity contribution in [2.45, 2.75) is 102 Å². The molecule has 1 saturated heterocycles. The molecule has 7 amide bonds. The van der Waals surface area contributed by atoms with Crippen LogP contribution in [0.2, 0.25) is 0 Å². The molecule has 1 aliphatic heterocycles. The molecule has 0 aliphatic carbocycles. The predicted molar refractivity (Wildman–Crippen MR) is 205 cm³/mol. The minimum Gasteiger partial charge on any atom is -0.367 e. The molecule has 16 heteroatoms. The van der Waals surface area contributed by atoms with E-state index in [1.165, 1.54) is 0 Å². The summed E-state index contributed by atoms with van der Waals surface area (Å²) >= 11 is 0. The van der Waals surface area contributed by atoms with Crippen LogP contribution >= 0.6 is 0 Å². The highest BCUT2D eigenvalue weighted by Gasteiger charge is 2.34. The van der Waals surface area contributed by atoms with Crippen molar-refractivity contribution >= 4 is 35.6 Å². The van der Waals surface area contributed by atoms with Gasteiger partial charge in [-0.15, -0.1) is 0 Å². The van der Waals surface area contributed by atoms with Gasteiger partial charge in [-0.25, -0.2) is 4.79 Å². The number of hydrogen-bond acceptors (Lipinski definition) is 9. The zero-order chi connectivity index (χ0) is 39.6. The quantitative estimate of drug-likeness (QED) is 0.0622. The molecule has 3 rings (SSSR count). The Morgan fingerprint density at radius 3 is 1.81 bits per heavy atom. The maximum Gasteiger partial charge on any atom is 0.316 e. The molecule has 0 bridgehead atoms. The summed E-state index contributed by atoms with van der Waals surface area (Å²) in [6.45, 7) is 4.88. The van der Waals surface area contributed by atoms with Crippen molar-refractivity contribution in [2.75, 3.05) is 19.6 Å². The summed E-state index contributed by atoms with van der Waals surface area (Å²) in [6, 6.07) is 13.8. The lowest BCUT2D eigenvalue weighted by molar-refractivity contribution is -0.138. The molecular formula is C38H58N10O6. The molecule has 54 heavy (non-hydrogen) atoms. The molecular weight excluding hydrogens is 692 g/mol. The van der Waals surface area contributed by atoms with Crippen molar-refractivity contribution in [1.82, 2.24) is 31.5 Å². The van der Waals surface area contributed by atoms with E-state index in [2.05, 4.69) is 26.6 Å². The Bertz CT molecular complexity index is 1520. The largest absolute Gasteiger partial charge is 0.367 e. The van der Waals surface area contributed by atoms with E-state index in [0.29, 0.717) is 51.7 Å². The van der Waals surface area contributed by atoms with E-state index in [9.17, 15) is 28.8 Å². The number of benzene rings is 2. The van der Waals surface area contributed by atoms with Gasteiger partial charge in [0.25, 0.3) is 5.91 Å². The third-order valence-corrected chi connectivity index (χ3v) is 9.19. The molecule has 0 spiro atoms. The van der Waals surface area contributed by atoms with E-state index in [-0.39, 0.29) is 37.1 Å². The van der Waals surface area contributed by atoms with Gasteiger partial charge < -0.3 is 54.4 Å². The molecule has 2 aromatic carbocycles. The molecule has 0 unspecified atom stereocenters. The number of nitrogens with zero attached hydrogens (tertiary/aromatic N) is 1. The lowest BCUT2D eigenvalue weighted by atomic mass is 9.99. The highest BCUT2D eigenvalue weighted by atomic mass is 16.2. The van der Waals surface area contributed by atoms with Crippen LogP contribution < -0.4 is 49.5 Å². The third-order valence-electron chi connectivity index (χ3n) is 9.19. The molecule has 0 saturated carbocycles. The van der Waals surface area contributed by atoms with E-state index in [1.807, 2.05) is 74.5 Å². The van der Waals surface area contributed by atoms with Gasteiger partial charge in [-0.2, -0.15) is 0 Å². The molecule has 0 aromatic heterocycles. The van der Waals surface area contributed by atoms with Gasteiger partial charge >= 0.3 is 6.03 Å². The molecule has 0 radical (unpaired) electrons. The lowest BCUT2D eigenvalue weighted by Crippen LogP contribution is -2.59. The standard InChI is InChI=1S/C38H58N10O6/c1-24(2)21-30(46-36(52)31(23-26-13-7-4-8-14-26)45-34(50)28(40)22-25-11-5-3-6-12-25)35(51)44-29(15-9-10-18-39)37(53)48-19-16-27(17-20-48)43-38(54)47-32(41)33(42)49/h3-8,11-14,24,27-32H,9-10,15-23,39-41H2,1-2H3,(H2,42,49)(H,44,51)(H,45,50)(H,46,52)(H2,43,47,54)/t28-,29-,30-,31-,32+/m1/s1. The van der Waals surface area contributed by atoms with Crippen LogP contribution in [0.1, 0.15) is 63.5 Å². The second-order valence-electron chi connectivity index (χ2n) is 14.2. The summed E-state index contributed by atoms with van der Waals surface area (Å²) in [5.74, 6) is -2.74. The fourth-order valence-corrected chi connectivity index (χ4v) is 6.20. The molecule has 2 aromatic rings. The highest BCUT2D eigenvalue weighted by molar-refractivity contribution is 5.95. The number of carbonyl (C=O) groups excluding carboxylic acids is 6. The van der Waals surface area contributed by atoms with Crippen LogP contribution in [-0.4, -0.2) is 96.5 Å². The summed E-state index contributed by atoms with van der Waals surface area (Å²) in [7, 11) is 0. The Balaban J connectivity index is 1.71. The van der Waals surface area contributed by atoms with Crippen LogP contribution in [0, 0.1) is 5.92 Å². The first-order chi connectivity index (χ1) is 25.8.